The summed E-state index contributed by atoms with van der Waals surface area (Å²) >= 11 is 0. The number of hydrogen-bond acceptors (Lipinski definition) is 1. The van der Waals surface area contributed by atoms with E-state index in [1.54, 1.807) is 0 Å². The SMILES string of the molecule is CCCCN(CCCCC(C)C)C1CCCCC1. The van der Waals surface area contributed by atoms with Crippen LogP contribution in [0.1, 0.15) is 85.0 Å². The van der Waals surface area contributed by atoms with Crippen LogP contribution in [0.5, 0.6) is 0 Å². The van der Waals surface area contributed by atoms with Gasteiger partial charge in [-0.15, -0.1) is 0 Å². The van der Waals surface area contributed by atoms with E-state index < -0.39 is 0 Å². The van der Waals surface area contributed by atoms with Gasteiger partial charge in [-0.25, -0.2) is 0 Å². The van der Waals surface area contributed by atoms with Crippen LogP contribution in [0.15, 0.2) is 0 Å². The maximum absolute atomic E-state index is 2.82. The Hall–Kier alpha value is -0.0400. The summed E-state index contributed by atoms with van der Waals surface area (Å²) in [5, 5.41) is 0. The molecule has 1 fully saturated rings. The molecule has 1 aliphatic carbocycles. The van der Waals surface area contributed by atoms with Crippen molar-refractivity contribution < 1.29 is 0 Å². The third-order valence-electron chi connectivity index (χ3n) is 4.37. The Morgan fingerprint density at radius 1 is 0.944 bits per heavy atom. The van der Waals surface area contributed by atoms with E-state index in [0.29, 0.717) is 0 Å². The second kappa shape index (κ2) is 9.83. The molecule has 0 spiro atoms. The van der Waals surface area contributed by atoms with E-state index in [0.717, 1.165) is 12.0 Å². The van der Waals surface area contributed by atoms with Crippen molar-refractivity contribution in [3.8, 4) is 0 Å². The highest BCUT2D eigenvalue weighted by Gasteiger charge is 2.19. The molecule has 0 amide bonds. The Labute approximate surface area is 115 Å². The lowest BCUT2D eigenvalue weighted by Crippen LogP contribution is -2.38. The van der Waals surface area contributed by atoms with Crippen LogP contribution < -0.4 is 0 Å². The molecule has 1 heteroatoms. The highest BCUT2D eigenvalue weighted by molar-refractivity contribution is 4.75. The maximum atomic E-state index is 2.82. The fourth-order valence-electron chi connectivity index (χ4n) is 3.15. The molecule has 0 radical (unpaired) electrons. The van der Waals surface area contributed by atoms with Crippen LogP contribution in [0.25, 0.3) is 0 Å². The van der Waals surface area contributed by atoms with Crippen molar-refractivity contribution in [2.45, 2.75) is 91.0 Å². The third kappa shape index (κ3) is 6.78. The van der Waals surface area contributed by atoms with Gasteiger partial charge in [-0.2, -0.15) is 0 Å². The minimum absolute atomic E-state index is 0.878. The first-order valence-electron chi connectivity index (χ1n) is 8.48. The number of rotatable bonds is 9. The first kappa shape index (κ1) is 16.0. The van der Waals surface area contributed by atoms with Crippen molar-refractivity contribution in [3.05, 3.63) is 0 Å². The molecule has 0 heterocycles. The van der Waals surface area contributed by atoms with Gasteiger partial charge in [-0.1, -0.05) is 59.3 Å². The summed E-state index contributed by atoms with van der Waals surface area (Å²) in [6, 6.07) is 0.921. The fourth-order valence-corrected chi connectivity index (χ4v) is 3.15. The monoisotopic (exact) mass is 253 g/mol. The lowest BCUT2D eigenvalue weighted by molar-refractivity contribution is 0.150. The summed E-state index contributed by atoms with van der Waals surface area (Å²) in [4.78, 5) is 2.82. The van der Waals surface area contributed by atoms with Crippen LogP contribution in [0.2, 0.25) is 0 Å². The van der Waals surface area contributed by atoms with Gasteiger partial charge < -0.3 is 4.90 Å². The molecular formula is C17H35N. The Bertz CT molecular complexity index is 182. The van der Waals surface area contributed by atoms with E-state index in [1.807, 2.05) is 0 Å². The molecule has 1 rings (SSSR count). The Kier molecular flexibility index (Phi) is 8.75. The molecule has 0 N–H and O–H groups in total. The van der Waals surface area contributed by atoms with Crippen LogP contribution in [0.4, 0.5) is 0 Å². The van der Waals surface area contributed by atoms with Gasteiger partial charge in [0.15, 0.2) is 0 Å². The van der Waals surface area contributed by atoms with Crippen molar-refractivity contribution in [1.82, 2.24) is 4.90 Å². The maximum Gasteiger partial charge on any atom is 0.00952 e. The van der Waals surface area contributed by atoms with Crippen LogP contribution in [-0.4, -0.2) is 24.0 Å². The number of hydrogen-bond donors (Lipinski definition) is 0. The quantitative estimate of drug-likeness (QED) is 0.507. The fraction of sp³-hybridized carbons (Fsp3) is 1.00. The number of nitrogens with zero attached hydrogens (tertiary/aromatic N) is 1. The lowest BCUT2D eigenvalue weighted by atomic mass is 9.93. The summed E-state index contributed by atoms with van der Waals surface area (Å²) in [7, 11) is 0. The standard InChI is InChI=1S/C17H35N/c1-4-5-14-18(15-10-9-11-16(2)3)17-12-7-6-8-13-17/h16-17H,4-15H2,1-3H3. The molecule has 0 aromatic carbocycles. The second-order valence-electron chi connectivity index (χ2n) is 6.57. The summed E-state index contributed by atoms with van der Waals surface area (Å²) in [6.45, 7) is 9.71. The van der Waals surface area contributed by atoms with Gasteiger partial charge in [0.2, 0.25) is 0 Å². The van der Waals surface area contributed by atoms with Gasteiger partial charge in [0.05, 0.1) is 0 Å². The van der Waals surface area contributed by atoms with Gasteiger partial charge in [0.25, 0.3) is 0 Å². The predicted molar refractivity (Wildman–Crippen MR) is 82.0 cm³/mol. The Morgan fingerprint density at radius 3 is 2.22 bits per heavy atom. The predicted octanol–water partition coefficient (Wildman–Crippen LogP) is 5.25. The van der Waals surface area contributed by atoms with E-state index in [1.165, 1.54) is 77.3 Å². The zero-order chi connectivity index (χ0) is 13.2. The Balaban J connectivity index is 2.25. The van der Waals surface area contributed by atoms with Crippen LogP contribution in [0.3, 0.4) is 0 Å². The molecule has 0 atom stereocenters. The van der Waals surface area contributed by atoms with E-state index in [9.17, 15) is 0 Å². The summed E-state index contributed by atoms with van der Waals surface area (Å²) in [5.41, 5.74) is 0. The summed E-state index contributed by atoms with van der Waals surface area (Å²) in [6.07, 6.45) is 14.3. The number of unbranched alkanes of at least 4 members (excludes halogenated alkanes) is 2. The lowest BCUT2D eigenvalue weighted by Gasteiger charge is -2.34. The molecule has 0 unspecified atom stereocenters. The molecule has 0 bridgehead atoms. The molecule has 108 valence electrons. The summed E-state index contributed by atoms with van der Waals surface area (Å²) in [5.74, 6) is 0.878. The molecule has 1 saturated carbocycles. The van der Waals surface area contributed by atoms with Crippen LogP contribution in [-0.2, 0) is 0 Å². The smallest absolute Gasteiger partial charge is 0.00952 e. The molecule has 1 aliphatic rings. The van der Waals surface area contributed by atoms with Gasteiger partial charge in [0.1, 0.15) is 0 Å². The van der Waals surface area contributed by atoms with E-state index in [-0.39, 0.29) is 0 Å². The first-order chi connectivity index (χ1) is 8.74. The molecule has 0 aliphatic heterocycles. The molecule has 0 aromatic rings. The molecule has 0 saturated heterocycles. The minimum Gasteiger partial charge on any atom is -0.300 e. The topological polar surface area (TPSA) is 3.24 Å². The largest absolute Gasteiger partial charge is 0.300 e. The second-order valence-corrected chi connectivity index (χ2v) is 6.57. The molecule has 0 aromatic heterocycles. The van der Waals surface area contributed by atoms with Crippen molar-refractivity contribution in [3.63, 3.8) is 0 Å². The normalized spacial score (nSPS) is 17.8. The zero-order valence-electron chi connectivity index (χ0n) is 13.1. The van der Waals surface area contributed by atoms with Gasteiger partial charge in [0, 0.05) is 6.04 Å². The van der Waals surface area contributed by atoms with E-state index in [2.05, 4.69) is 25.7 Å². The zero-order valence-corrected chi connectivity index (χ0v) is 13.1. The molecule has 1 nitrogen and oxygen atoms in total. The van der Waals surface area contributed by atoms with E-state index >= 15 is 0 Å². The highest BCUT2D eigenvalue weighted by atomic mass is 15.1. The van der Waals surface area contributed by atoms with Crippen LogP contribution in [0, 0.1) is 5.92 Å². The van der Waals surface area contributed by atoms with Crippen molar-refractivity contribution in [2.24, 2.45) is 5.92 Å². The molecule has 18 heavy (non-hydrogen) atoms. The van der Waals surface area contributed by atoms with Gasteiger partial charge >= 0.3 is 0 Å². The average molecular weight is 253 g/mol. The van der Waals surface area contributed by atoms with Gasteiger partial charge in [-0.3, -0.25) is 0 Å². The molecular weight excluding hydrogens is 218 g/mol. The summed E-state index contributed by atoms with van der Waals surface area (Å²) < 4.78 is 0. The average Bonchev–Trinajstić information content (AvgIpc) is 2.38. The third-order valence-corrected chi connectivity index (χ3v) is 4.37. The van der Waals surface area contributed by atoms with Crippen molar-refractivity contribution >= 4 is 0 Å². The van der Waals surface area contributed by atoms with Crippen molar-refractivity contribution in [2.75, 3.05) is 13.1 Å². The minimum atomic E-state index is 0.878. The first-order valence-corrected chi connectivity index (χ1v) is 8.48. The van der Waals surface area contributed by atoms with Crippen molar-refractivity contribution in [1.29, 1.82) is 0 Å². The Morgan fingerprint density at radius 2 is 1.61 bits per heavy atom. The van der Waals surface area contributed by atoms with Gasteiger partial charge in [-0.05, 0) is 44.7 Å². The van der Waals surface area contributed by atoms with Crippen LogP contribution >= 0.6 is 0 Å². The highest BCUT2D eigenvalue weighted by Crippen LogP contribution is 2.23. The van der Waals surface area contributed by atoms with E-state index in [4.69, 9.17) is 0 Å².